The van der Waals surface area contributed by atoms with E-state index < -0.39 is 5.97 Å². The first kappa shape index (κ1) is 13.2. The summed E-state index contributed by atoms with van der Waals surface area (Å²) in [6.45, 7) is 8.27. The monoisotopic (exact) mass is 225 g/mol. The fourth-order valence-electron chi connectivity index (χ4n) is 2.44. The summed E-state index contributed by atoms with van der Waals surface area (Å²) in [5.74, 6) is -0.117. The van der Waals surface area contributed by atoms with Crippen LogP contribution in [-0.2, 0) is 4.79 Å². The van der Waals surface area contributed by atoms with Gasteiger partial charge in [0, 0.05) is 18.2 Å². The molecule has 1 atom stereocenters. The summed E-state index contributed by atoms with van der Waals surface area (Å²) in [4.78, 5) is 13.3. The molecule has 92 valence electrons. The zero-order valence-electron chi connectivity index (χ0n) is 10.6. The first-order valence-electron chi connectivity index (χ1n) is 6.22. The lowest BCUT2D eigenvalue weighted by Crippen LogP contribution is -2.33. The average Bonchev–Trinajstić information content (AvgIpc) is 2.66. The van der Waals surface area contributed by atoms with Crippen LogP contribution in [0.2, 0.25) is 0 Å². The van der Waals surface area contributed by atoms with E-state index in [4.69, 9.17) is 5.11 Å². The topological polar surface area (TPSA) is 40.5 Å². The van der Waals surface area contributed by atoms with E-state index >= 15 is 0 Å². The number of carbonyl (C=O) groups is 1. The first-order valence-corrected chi connectivity index (χ1v) is 6.22. The molecule has 0 bridgehead atoms. The number of likely N-dealkylation sites (tertiary alicyclic amines) is 1. The lowest BCUT2D eigenvalue weighted by Gasteiger charge is -2.26. The molecule has 0 aromatic heterocycles. The summed E-state index contributed by atoms with van der Waals surface area (Å²) in [7, 11) is 0. The highest BCUT2D eigenvalue weighted by atomic mass is 16.4. The van der Waals surface area contributed by atoms with E-state index in [2.05, 4.69) is 18.7 Å². The molecule has 0 radical (unpaired) electrons. The summed E-state index contributed by atoms with van der Waals surface area (Å²) in [6, 6.07) is 0.628. The quantitative estimate of drug-likeness (QED) is 0.731. The van der Waals surface area contributed by atoms with Crippen LogP contribution in [0.3, 0.4) is 0 Å². The lowest BCUT2D eigenvalue weighted by molar-refractivity contribution is -0.132. The Morgan fingerprint density at radius 1 is 1.56 bits per heavy atom. The summed E-state index contributed by atoms with van der Waals surface area (Å²) >= 11 is 0. The number of aliphatic carboxylic acids is 1. The van der Waals surface area contributed by atoms with Crippen molar-refractivity contribution in [3.05, 3.63) is 11.6 Å². The Balaban J connectivity index is 2.56. The molecule has 1 saturated heterocycles. The fourth-order valence-corrected chi connectivity index (χ4v) is 2.44. The van der Waals surface area contributed by atoms with Crippen LogP contribution in [0.15, 0.2) is 11.6 Å². The number of rotatable bonds is 5. The van der Waals surface area contributed by atoms with Crippen molar-refractivity contribution in [1.82, 2.24) is 4.90 Å². The minimum atomic E-state index is -0.775. The van der Waals surface area contributed by atoms with E-state index in [0.29, 0.717) is 24.0 Å². The van der Waals surface area contributed by atoms with Crippen molar-refractivity contribution < 1.29 is 9.90 Å². The average molecular weight is 225 g/mol. The van der Waals surface area contributed by atoms with Crippen molar-refractivity contribution in [2.75, 3.05) is 13.1 Å². The summed E-state index contributed by atoms with van der Waals surface area (Å²) in [5, 5.41) is 8.94. The number of carboxylic acids is 1. The van der Waals surface area contributed by atoms with Crippen LogP contribution in [0.25, 0.3) is 0 Å². The molecule has 1 aliphatic rings. The van der Waals surface area contributed by atoms with Crippen molar-refractivity contribution in [3.63, 3.8) is 0 Å². The van der Waals surface area contributed by atoms with Crippen LogP contribution >= 0.6 is 0 Å². The molecule has 1 heterocycles. The molecule has 3 nitrogen and oxygen atoms in total. The molecule has 1 unspecified atom stereocenters. The molecule has 0 spiro atoms. The third-order valence-electron chi connectivity index (χ3n) is 3.41. The largest absolute Gasteiger partial charge is 0.478 e. The third-order valence-corrected chi connectivity index (χ3v) is 3.41. The molecule has 1 aliphatic heterocycles. The standard InChI is InChI=1S/C13H23NO2/c1-4-11(13(15)16)7-9-14-8-5-6-12(14)10(2)3/h7,10,12H,4-6,8-9H2,1-3H3,(H,15,16). The van der Waals surface area contributed by atoms with Gasteiger partial charge in [-0.25, -0.2) is 4.79 Å². The number of hydrogen-bond donors (Lipinski definition) is 1. The molecule has 0 saturated carbocycles. The second-order valence-corrected chi connectivity index (χ2v) is 4.84. The number of carboxylic acid groups (broad SMARTS) is 1. The van der Waals surface area contributed by atoms with Crippen molar-refractivity contribution >= 4 is 5.97 Å². The van der Waals surface area contributed by atoms with Crippen LogP contribution in [0.4, 0.5) is 0 Å². The zero-order valence-corrected chi connectivity index (χ0v) is 10.6. The SMILES string of the molecule is CCC(=CCN1CCCC1C(C)C)C(=O)O. The van der Waals surface area contributed by atoms with Crippen molar-refractivity contribution in [2.45, 2.75) is 46.1 Å². The maximum Gasteiger partial charge on any atom is 0.331 e. The minimum Gasteiger partial charge on any atom is -0.478 e. The van der Waals surface area contributed by atoms with Gasteiger partial charge in [0.15, 0.2) is 0 Å². The van der Waals surface area contributed by atoms with E-state index in [1.807, 2.05) is 13.0 Å². The van der Waals surface area contributed by atoms with Crippen LogP contribution in [-0.4, -0.2) is 35.1 Å². The molecule has 0 aromatic rings. The Hall–Kier alpha value is -0.830. The van der Waals surface area contributed by atoms with Crippen LogP contribution in [0.5, 0.6) is 0 Å². The van der Waals surface area contributed by atoms with Crippen LogP contribution in [0.1, 0.15) is 40.0 Å². The Morgan fingerprint density at radius 2 is 2.25 bits per heavy atom. The minimum absolute atomic E-state index is 0.536. The van der Waals surface area contributed by atoms with Gasteiger partial charge in [0.05, 0.1) is 0 Å². The van der Waals surface area contributed by atoms with Gasteiger partial charge in [-0.05, 0) is 31.7 Å². The molecule has 1 rings (SSSR count). The summed E-state index contributed by atoms with van der Waals surface area (Å²) < 4.78 is 0. The van der Waals surface area contributed by atoms with Crippen LogP contribution in [0, 0.1) is 5.92 Å². The van der Waals surface area contributed by atoms with Gasteiger partial charge < -0.3 is 5.11 Å². The van der Waals surface area contributed by atoms with Gasteiger partial charge in [0.25, 0.3) is 0 Å². The maximum atomic E-state index is 10.9. The molecule has 0 aliphatic carbocycles. The van der Waals surface area contributed by atoms with E-state index in [1.54, 1.807) is 0 Å². The summed E-state index contributed by atoms with van der Waals surface area (Å²) in [5.41, 5.74) is 0.536. The van der Waals surface area contributed by atoms with Gasteiger partial charge in [-0.15, -0.1) is 0 Å². The highest BCUT2D eigenvalue weighted by Gasteiger charge is 2.26. The Labute approximate surface area is 98.1 Å². The number of nitrogens with zero attached hydrogens (tertiary/aromatic N) is 1. The Bertz CT molecular complexity index is 271. The molecule has 1 N–H and O–H groups in total. The highest BCUT2D eigenvalue weighted by molar-refractivity contribution is 5.86. The van der Waals surface area contributed by atoms with Crippen molar-refractivity contribution in [1.29, 1.82) is 0 Å². The van der Waals surface area contributed by atoms with E-state index in [-0.39, 0.29) is 0 Å². The predicted molar refractivity (Wildman–Crippen MR) is 65.4 cm³/mol. The highest BCUT2D eigenvalue weighted by Crippen LogP contribution is 2.23. The third kappa shape index (κ3) is 3.34. The normalized spacial score (nSPS) is 23.0. The second kappa shape index (κ2) is 6.04. The van der Waals surface area contributed by atoms with Crippen molar-refractivity contribution in [3.8, 4) is 0 Å². The second-order valence-electron chi connectivity index (χ2n) is 4.84. The predicted octanol–water partition coefficient (Wildman–Crippen LogP) is 2.53. The number of hydrogen-bond acceptors (Lipinski definition) is 2. The van der Waals surface area contributed by atoms with Gasteiger partial charge in [-0.3, -0.25) is 4.90 Å². The lowest BCUT2D eigenvalue weighted by atomic mass is 10.0. The van der Waals surface area contributed by atoms with Gasteiger partial charge in [0.2, 0.25) is 0 Å². The first-order chi connectivity index (χ1) is 7.56. The molecular weight excluding hydrogens is 202 g/mol. The molecule has 16 heavy (non-hydrogen) atoms. The van der Waals surface area contributed by atoms with E-state index in [9.17, 15) is 4.79 Å². The molecule has 1 fully saturated rings. The molecular formula is C13H23NO2. The fraction of sp³-hybridized carbons (Fsp3) is 0.769. The van der Waals surface area contributed by atoms with Gasteiger partial charge in [-0.2, -0.15) is 0 Å². The van der Waals surface area contributed by atoms with Gasteiger partial charge >= 0.3 is 5.97 Å². The molecule has 0 amide bonds. The van der Waals surface area contributed by atoms with E-state index in [1.165, 1.54) is 12.8 Å². The Morgan fingerprint density at radius 3 is 2.75 bits per heavy atom. The maximum absolute atomic E-state index is 10.9. The molecule has 0 aromatic carbocycles. The van der Waals surface area contributed by atoms with Gasteiger partial charge in [0.1, 0.15) is 0 Å². The Kier molecular flexibility index (Phi) is 5.00. The van der Waals surface area contributed by atoms with Gasteiger partial charge in [-0.1, -0.05) is 26.8 Å². The molecule has 3 heteroatoms. The van der Waals surface area contributed by atoms with E-state index in [0.717, 1.165) is 13.1 Å². The zero-order chi connectivity index (χ0) is 12.1. The van der Waals surface area contributed by atoms with Crippen molar-refractivity contribution in [2.24, 2.45) is 5.92 Å². The smallest absolute Gasteiger partial charge is 0.331 e. The van der Waals surface area contributed by atoms with Crippen LogP contribution < -0.4 is 0 Å². The summed E-state index contributed by atoms with van der Waals surface area (Å²) in [6.07, 6.45) is 4.98.